The maximum absolute atomic E-state index is 9.99. The molecule has 0 bridgehead atoms. The van der Waals surface area contributed by atoms with E-state index in [-0.39, 0.29) is 6.79 Å². The summed E-state index contributed by atoms with van der Waals surface area (Å²) in [5.41, 5.74) is 4.01. The second kappa shape index (κ2) is 1.76. The van der Waals surface area contributed by atoms with Gasteiger partial charge in [0, 0.05) is 0 Å². The van der Waals surface area contributed by atoms with Gasteiger partial charge in [0.2, 0.25) is 0 Å². The maximum atomic E-state index is 9.99. The topological polar surface area (TPSA) is 59.6 Å². The van der Waals surface area contributed by atoms with E-state index >= 15 is 0 Å². The van der Waals surface area contributed by atoms with Gasteiger partial charge >= 0.3 is 6.03 Å². The van der Waals surface area contributed by atoms with Gasteiger partial charge in [-0.25, -0.2) is 25.4 Å². The fourth-order valence-corrected chi connectivity index (χ4v) is 0.240. The standard InChI is InChI=1S/C2H4N2O3/c5-2-3-6-1-7-4-2/h1H2,(H2,3,4,5). The lowest BCUT2D eigenvalue weighted by Crippen LogP contribution is -2.42. The highest BCUT2D eigenvalue weighted by Crippen LogP contribution is 1.76. The Bertz CT molecular complexity index is 75.0. The number of hydrogen-bond acceptors (Lipinski definition) is 3. The van der Waals surface area contributed by atoms with Crippen molar-refractivity contribution in [2.75, 3.05) is 6.79 Å². The quantitative estimate of drug-likeness (QED) is 0.419. The molecule has 2 amide bonds. The monoisotopic (exact) mass is 104 g/mol. The predicted octanol–water partition coefficient (Wildman–Crippen LogP) is -0.880. The third-order valence-electron chi connectivity index (χ3n) is 0.448. The van der Waals surface area contributed by atoms with Gasteiger partial charge < -0.3 is 0 Å². The highest BCUT2D eigenvalue weighted by Gasteiger charge is 2.03. The molecule has 1 heterocycles. The molecule has 2 N–H and O–H groups in total. The Morgan fingerprint density at radius 1 is 1.43 bits per heavy atom. The first kappa shape index (κ1) is 4.35. The summed E-state index contributed by atoms with van der Waals surface area (Å²) in [5.74, 6) is 0. The molecule has 0 unspecified atom stereocenters. The highest BCUT2D eigenvalue weighted by molar-refractivity contribution is 5.71. The summed E-state index contributed by atoms with van der Waals surface area (Å²) in [5, 5.41) is 0. The Morgan fingerprint density at radius 2 is 2.00 bits per heavy atom. The van der Waals surface area contributed by atoms with Crippen molar-refractivity contribution in [3.05, 3.63) is 0 Å². The molecule has 0 saturated carbocycles. The van der Waals surface area contributed by atoms with E-state index in [1.165, 1.54) is 0 Å². The molecule has 0 aromatic heterocycles. The Balaban J connectivity index is 2.25. The minimum Gasteiger partial charge on any atom is -0.244 e. The van der Waals surface area contributed by atoms with Crippen molar-refractivity contribution in [2.45, 2.75) is 0 Å². The number of carbonyl (C=O) groups excluding carboxylic acids is 1. The lowest BCUT2D eigenvalue weighted by Gasteiger charge is -2.11. The summed E-state index contributed by atoms with van der Waals surface area (Å²) in [6.45, 7) is 0.0474. The van der Waals surface area contributed by atoms with Crippen molar-refractivity contribution in [3.8, 4) is 0 Å². The Hall–Kier alpha value is -0.810. The highest BCUT2D eigenvalue weighted by atomic mass is 16.8. The van der Waals surface area contributed by atoms with Gasteiger partial charge in [0.15, 0.2) is 6.79 Å². The molecular weight excluding hydrogens is 100 g/mol. The molecule has 1 fully saturated rings. The Labute approximate surface area is 39.5 Å². The molecule has 0 atom stereocenters. The van der Waals surface area contributed by atoms with E-state index in [2.05, 4.69) is 9.68 Å². The normalized spacial score (nSPS) is 20.3. The number of amides is 2. The van der Waals surface area contributed by atoms with Crippen LogP contribution in [0.25, 0.3) is 0 Å². The molecule has 5 nitrogen and oxygen atoms in total. The van der Waals surface area contributed by atoms with Crippen molar-refractivity contribution in [1.29, 1.82) is 0 Å². The number of rotatable bonds is 0. The van der Waals surface area contributed by atoms with Gasteiger partial charge in [-0.3, -0.25) is 0 Å². The molecule has 7 heavy (non-hydrogen) atoms. The van der Waals surface area contributed by atoms with Crippen LogP contribution < -0.4 is 11.0 Å². The van der Waals surface area contributed by atoms with Gasteiger partial charge in [-0.2, -0.15) is 0 Å². The molecule has 1 rings (SSSR count). The number of hydroxylamine groups is 2. The van der Waals surface area contributed by atoms with Gasteiger partial charge in [-0.15, -0.1) is 0 Å². The number of hydrogen-bond donors (Lipinski definition) is 2. The molecule has 1 aliphatic heterocycles. The Kier molecular flexibility index (Phi) is 1.10. The summed E-state index contributed by atoms with van der Waals surface area (Å²) >= 11 is 0. The average molecular weight is 104 g/mol. The van der Waals surface area contributed by atoms with Crippen molar-refractivity contribution in [1.82, 2.24) is 11.0 Å². The molecule has 5 heteroatoms. The van der Waals surface area contributed by atoms with Crippen molar-refractivity contribution < 1.29 is 14.5 Å². The van der Waals surface area contributed by atoms with Gasteiger partial charge in [0.1, 0.15) is 0 Å². The Morgan fingerprint density at radius 3 is 2.29 bits per heavy atom. The first-order chi connectivity index (χ1) is 3.39. The van der Waals surface area contributed by atoms with E-state index in [0.29, 0.717) is 0 Å². The molecule has 0 radical (unpaired) electrons. The average Bonchev–Trinajstić information content (AvgIpc) is 1.69. The first-order valence-electron chi connectivity index (χ1n) is 1.69. The first-order valence-corrected chi connectivity index (χ1v) is 1.69. The van der Waals surface area contributed by atoms with Gasteiger partial charge in [0.25, 0.3) is 0 Å². The number of carbonyl (C=O) groups is 1. The zero-order valence-corrected chi connectivity index (χ0v) is 3.43. The number of nitrogens with one attached hydrogen (secondary N) is 2. The van der Waals surface area contributed by atoms with Crippen molar-refractivity contribution in [2.24, 2.45) is 0 Å². The van der Waals surface area contributed by atoms with Crippen LogP contribution in [-0.2, 0) is 9.68 Å². The zero-order chi connectivity index (χ0) is 5.11. The molecule has 1 saturated heterocycles. The largest absolute Gasteiger partial charge is 0.362 e. The minimum atomic E-state index is -0.480. The molecule has 0 aliphatic carbocycles. The van der Waals surface area contributed by atoms with E-state index < -0.39 is 6.03 Å². The minimum absolute atomic E-state index is 0.0474. The summed E-state index contributed by atoms with van der Waals surface area (Å²) in [6, 6.07) is -0.480. The summed E-state index contributed by atoms with van der Waals surface area (Å²) in [6.07, 6.45) is 0. The van der Waals surface area contributed by atoms with Crippen LogP contribution >= 0.6 is 0 Å². The predicted molar refractivity (Wildman–Crippen MR) is 18.7 cm³/mol. The zero-order valence-electron chi connectivity index (χ0n) is 3.43. The second-order valence-electron chi connectivity index (χ2n) is 0.940. The molecule has 0 aromatic carbocycles. The third kappa shape index (κ3) is 1.02. The fraction of sp³-hybridized carbons (Fsp3) is 0.500. The second-order valence-corrected chi connectivity index (χ2v) is 0.940. The molecule has 0 aromatic rings. The summed E-state index contributed by atoms with van der Waals surface area (Å²) in [7, 11) is 0. The maximum Gasteiger partial charge on any atom is 0.362 e. The van der Waals surface area contributed by atoms with Gasteiger partial charge in [-0.1, -0.05) is 0 Å². The van der Waals surface area contributed by atoms with Crippen LogP contribution in [0.5, 0.6) is 0 Å². The lowest BCUT2D eigenvalue weighted by molar-refractivity contribution is -0.146. The van der Waals surface area contributed by atoms with Crippen LogP contribution in [0.15, 0.2) is 0 Å². The molecular formula is C2H4N2O3. The molecule has 0 spiro atoms. The third-order valence-corrected chi connectivity index (χ3v) is 0.448. The van der Waals surface area contributed by atoms with Crippen molar-refractivity contribution >= 4 is 6.03 Å². The van der Waals surface area contributed by atoms with E-state index in [4.69, 9.17) is 0 Å². The van der Waals surface area contributed by atoms with E-state index in [1.807, 2.05) is 11.0 Å². The molecule has 40 valence electrons. The van der Waals surface area contributed by atoms with Crippen LogP contribution in [-0.4, -0.2) is 12.8 Å². The number of urea groups is 1. The van der Waals surface area contributed by atoms with E-state index in [1.54, 1.807) is 0 Å². The van der Waals surface area contributed by atoms with Crippen LogP contribution in [0, 0.1) is 0 Å². The van der Waals surface area contributed by atoms with Crippen LogP contribution in [0.1, 0.15) is 0 Å². The lowest BCUT2D eigenvalue weighted by atomic mass is 11.1. The van der Waals surface area contributed by atoms with Crippen LogP contribution in [0.3, 0.4) is 0 Å². The van der Waals surface area contributed by atoms with Crippen molar-refractivity contribution in [3.63, 3.8) is 0 Å². The molecule has 1 aliphatic rings. The van der Waals surface area contributed by atoms with Crippen LogP contribution in [0.4, 0.5) is 4.79 Å². The van der Waals surface area contributed by atoms with E-state index in [9.17, 15) is 4.79 Å². The summed E-state index contributed by atoms with van der Waals surface area (Å²) in [4.78, 5) is 18.6. The fourth-order valence-electron chi connectivity index (χ4n) is 0.240. The van der Waals surface area contributed by atoms with Gasteiger partial charge in [-0.05, 0) is 0 Å². The van der Waals surface area contributed by atoms with E-state index in [0.717, 1.165) is 0 Å². The van der Waals surface area contributed by atoms with Gasteiger partial charge in [0.05, 0.1) is 0 Å². The SMILES string of the molecule is O=C1NOCON1. The van der Waals surface area contributed by atoms with Crippen LogP contribution in [0.2, 0.25) is 0 Å². The summed E-state index contributed by atoms with van der Waals surface area (Å²) < 4.78 is 0. The smallest absolute Gasteiger partial charge is 0.244 e.